The molecule has 0 fully saturated rings. The number of rotatable bonds is 4. The van der Waals surface area contributed by atoms with E-state index in [1.807, 2.05) is 44.3 Å². The number of fused-ring (bicyclic) bond motifs is 1. The van der Waals surface area contributed by atoms with E-state index in [-0.39, 0.29) is 17.9 Å². The van der Waals surface area contributed by atoms with Crippen molar-refractivity contribution in [1.29, 1.82) is 0 Å². The smallest absolute Gasteiger partial charge is 0.328 e. The maximum absolute atomic E-state index is 11.7. The third-order valence-electron chi connectivity index (χ3n) is 3.00. The summed E-state index contributed by atoms with van der Waals surface area (Å²) in [6, 6.07) is 7.64. The first-order chi connectivity index (χ1) is 8.61. The summed E-state index contributed by atoms with van der Waals surface area (Å²) in [7, 11) is 1.41. The molecular weight excluding hydrogens is 228 g/mol. The fraction of sp³-hybridized carbons (Fsp3) is 0.357. The minimum absolute atomic E-state index is 0.166. The number of carbonyl (C=O) groups excluding carboxylic acids is 1. The Bertz CT molecular complexity index is 545. The number of ether oxygens (including phenoxy) is 1. The van der Waals surface area contributed by atoms with Gasteiger partial charge in [-0.3, -0.25) is 0 Å². The van der Waals surface area contributed by atoms with E-state index >= 15 is 0 Å². The average Bonchev–Trinajstić information content (AvgIpc) is 2.82. The van der Waals surface area contributed by atoms with Crippen LogP contribution in [0.2, 0.25) is 0 Å². The standard InChI is InChI=1S/C14H18N2O2/c1-9(2)13(14(17)18-3)16-11-4-5-12-10(8-11)6-7-15-12/h4-9,13,15-16H,1-3H3. The van der Waals surface area contributed by atoms with Gasteiger partial charge in [0.15, 0.2) is 0 Å². The lowest BCUT2D eigenvalue weighted by Gasteiger charge is -2.21. The summed E-state index contributed by atoms with van der Waals surface area (Å²) in [6.45, 7) is 3.98. The molecular formula is C14H18N2O2. The fourth-order valence-corrected chi connectivity index (χ4v) is 1.95. The van der Waals surface area contributed by atoms with Crippen LogP contribution >= 0.6 is 0 Å². The van der Waals surface area contributed by atoms with Crippen molar-refractivity contribution in [3.05, 3.63) is 30.5 Å². The maximum Gasteiger partial charge on any atom is 0.328 e. The number of esters is 1. The quantitative estimate of drug-likeness (QED) is 0.816. The van der Waals surface area contributed by atoms with Crippen LogP contribution in [-0.2, 0) is 9.53 Å². The molecule has 1 atom stereocenters. The van der Waals surface area contributed by atoms with Crippen LogP contribution < -0.4 is 5.32 Å². The normalized spacial score (nSPS) is 12.7. The first kappa shape index (κ1) is 12.5. The van der Waals surface area contributed by atoms with Crippen molar-refractivity contribution in [1.82, 2.24) is 4.98 Å². The number of carbonyl (C=O) groups is 1. The molecule has 0 aliphatic carbocycles. The van der Waals surface area contributed by atoms with Gasteiger partial charge in [0.2, 0.25) is 0 Å². The van der Waals surface area contributed by atoms with Crippen LogP contribution in [0.3, 0.4) is 0 Å². The molecule has 1 heterocycles. The van der Waals surface area contributed by atoms with Gasteiger partial charge in [-0.1, -0.05) is 13.8 Å². The first-order valence-corrected chi connectivity index (χ1v) is 6.03. The summed E-state index contributed by atoms with van der Waals surface area (Å²) in [6.07, 6.45) is 1.90. The van der Waals surface area contributed by atoms with Gasteiger partial charge in [0.05, 0.1) is 7.11 Å². The fourth-order valence-electron chi connectivity index (χ4n) is 1.95. The Balaban J connectivity index is 2.22. The van der Waals surface area contributed by atoms with E-state index in [4.69, 9.17) is 4.74 Å². The van der Waals surface area contributed by atoms with Gasteiger partial charge in [0.25, 0.3) is 0 Å². The molecule has 1 aromatic heterocycles. The summed E-state index contributed by atoms with van der Waals surface area (Å²) < 4.78 is 4.81. The van der Waals surface area contributed by atoms with Crippen LogP contribution in [0, 0.1) is 5.92 Å². The highest BCUT2D eigenvalue weighted by Crippen LogP contribution is 2.20. The Morgan fingerprint density at radius 3 is 2.78 bits per heavy atom. The Morgan fingerprint density at radius 1 is 1.33 bits per heavy atom. The number of aromatic amines is 1. The zero-order valence-corrected chi connectivity index (χ0v) is 10.9. The highest BCUT2D eigenvalue weighted by atomic mass is 16.5. The van der Waals surface area contributed by atoms with Gasteiger partial charge < -0.3 is 15.0 Å². The molecule has 0 aliphatic rings. The molecule has 4 nitrogen and oxygen atoms in total. The van der Waals surface area contributed by atoms with Crippen molar-refractivity contribution >= 4 is 22.6 Å². The van der Waals surface area contributed by atoms with Crippen molar-refractivity contribution in [2.45, 2.75) is 19.9 Å². The van der Waals surface area contributed by atoms with Gasteiger partial charge in [0.1, 0.15) is 6.04 Å². The summed E-state index contributed by atoms with van der Waals surface area (Å²) in [4.78, 5) is 14.8. The molecule has 96 valence electrons. The molecule has 0 spiro atoms. The zero-order chi connectivity index (χ0) is 13.1. The predicted molar refractivity (Wildman–Crippen MR) is 72.6 cm³/mol. The first-order valence-electron chi connectivity index (χ1n) is 6.03. The van der Waals surface area contributed by atoms with Gasteiger partial charge in [-0.05, 0) is 30.2 Å². The number of hydrogen-bond acceptors (Lipinski definition) is 3. The lowest BCUT2D eigenvalue weighted by Crippen LogP contribution is -2.35. The van der Waals surface area contributed by atoms with Crippen molar-refractivity contribution < 1.29 is 9.53 Å². The highest BCUT2D eigenvalue weighted by molar-refractivity contribution is 5.85. The molecule has 0 amide bonds. The molecule has 0 radical (unpaired) electrons. The van der Waals surface area contributed by atoms with Crippen LogP contribution in [0.1, 0.15) is 13.8 Å². The molecule has 1 aromatic carbocycles. The van der Waals surface area contributed by atoms with Crippen molar-refractivity contribution in [3.63, 3.8) is 0 Å². The molecule has 4 heteroatoms. The van der Waals surface area contributed by atoms with Crippen LogP contribution in [0.15, 0.2) is 30.5 Å². The van der Waals surface area contributed by atoms with Crippen LogP contribution in [0.5, 0.6) is 0 Å². The molecule has 2 N–H and O–H groups in total. The second-order valence-electron chi connectivity index (χ2n) is 4.67. The van der Waals surface area contributed by atoms with Crippen LogP contribution in [0.25, 0.3) is 10.9 Å². The number of anilines is 1. The van der Waals surface area contributed by atoms with E-state index in [2.05, 4.69) is 10.3 Å². The van der Waals surface area contributed by atoms with Gasteiger partial charge >= 0.3 is 5.97 Å². The molecule has 0 saturated carbocycles. The largest absolute Gasteiger partial charge is 0.467 e. The summed E-state index contributed by atoms with van der Waals surface area (Å²) in [5, 5.41) is 4.34. The summed E-state index contributed by atoms with van der Waals surface area (Å²) in [5.41, 5.74) is 2.01. The van der Waals surface area contributed by atoms with Crippen LogP contribution in [0.4, 0.5) is 5.69 Å². The van der Waals surface area contributed by atoms with E-state index in [1.54, 1.807) is 0 Å². The maximum atomic E-state index is 11.7. The molecule has 0 bridgehead atoms. The number of hydrogen-bond donors (Lipinski definition) is 2. The molecule has 2 aromatic rings. The number of methoxy groups -OCH3 is 1. The molecule has 1 unspecified atom stereocenters. The SMILES string of the molecule is COC(=O)C(Nc1ccc2[nH]ccc2c1)C(C)C. The van der Waals surface area contributed by atoms with E-state index in [1.165, 1.54) is 7.11 Å². The molecule has 0 aliphatic heterocycles. The van der Waals surface area contributed by atoms with Gasteiger partial charge in [-0.25, -0.2) is 4.79 Å². The van der Waals surface area contributed by atoms with Gasteiger partial charge in [-0.15, -0.1) is 0 Å². The monoisotopic (exact) mass is 246 g/mol. The van der Waals surface area contributed by atoms with Crippen LogP contribution in [-0.4, -0.2) is 24.1 Å². The number of H-pyrrole nitrogens is 1. The van der Waals surface area contributed by atoms with Crippen molar-refractivity contribution in [2.75, 3.05) is 12.4 Å². The minimum atomic E-state index is -0.327. The topological polar surface area (TPSA) is 54.1 Å². The summed E-state index contributed by atoms with van der Waals surface area (Å²) in [5.74, 6) is -0.0708. The minimum Gasteiger partial charge on any atom is -0.467 e. The van der Waals surface area contributed by atoms with Crippen molar-refractivity contribution in [2.24, 2.45) is 5.92 Å². The van der Waals surface area contributed by atoms with Crippen molar-refractivity contribution in [3.8, 4) is 0 Å². The Labute approximate surface area is 106 Å². The lowest BCUT2D eigenvalue weighted by atomic mass is 10.0. The zero-order valence-electron chi connectivity index (χ0n) is 10.9. The molecule has 2 rings (SSSR count). The average molecular weight is 246 g/mol. The molecule has 0 saturated heterocycles. The Hall–Kier alpha value is -1.97. The number of aromatic nitrogens is 1. The number of benzene rings is 1. The Kier molecular flexibility index (Phi) is 3.55. The third kappa shape index (κ3) is 2.47. The predicted octanol–water partition coefficient (Wildman–Crippen LogP) is 2.78. The second-order valence-corrected chi connectivity index (χ2v) is 4.67. The van der Waals surface area contributed by atoms with E-state index in [0.29, 0.717) is 0 Å². The molecule has 18 heavy (non-hydrogen) atoms. The number of nitrogens with one attached hydrogen (secondary N) is 2. The van der Waals surface area contributed by atoms with E-state index in [0.717, 1.165) is 16.6 Å². The summed E-state index contributed by atoms with van der Waals surface area (Å²) >= 11 is 0. The lowest BCUT2D eigenvalue weighted by molar-refractivity contribution is -0.142. The van der Waals surface area contributed by atoms with Gasteiger partial charge in [-0.2, -0.15) is 0 Å². The Morgan fingerprint density at radius 2 is 2.11 bits per heavy atom. The van der Waals surface area contributed by atoms with Gasteiger partial charge in [0, 0.05) is 22.8 Å². The second kappa shape index (κ2) is 5.12. The highest BCUT2D eigenvalue weighted by Gasteiger charge is 2.22. The van der Waals surface area contributed by atoms with E-state index < -0.39 is 0 Å². The third-order valence-corrected chi connectivity index (χ3v) is 3.00. The van der Waals surface area contributed by atoms with E-state index in [9.17, 15) is 4.79 Å².